The lowest BCUT2D eigenvalue weighted by molar-refractivity contribution is 1.61. The fourth-order valence-corrected chi connectivity index (χ4v) is 14.5. The highest BCUT2D eigenvalue weighted by Crippen LogP contribution is 2.58. The molecule has 0 aliphatic heterocycles. The van der Waals surface area contributed by atoms with Crippen LogP contribution in [0.1, 0.15) is 0 Å². The molecule has 0 fully saturated rings. The van der Waals surface area contributed by atoms with Gasteiger partial charge in [0, 0.05) is 0 Å². The van der Waals surface area contributed by atoms with E-state index in [9.17, 15) is 0 Å². The average Bonchev–Trinajstić information content (AvgIpc) is 4.16. The first-order valence-corrected chi connectivity index (χ1v) is 24.7. The molecule has 0 amide bonds. The summed E-state index contributed by atoms with van der Waals surface area (Å²) in [5, 5.41) is 37.8. The lowest BCUT2D eigenvalue weighted by atomic mass is 9.86. The Morgan fingerprint density at radius 2 is 0.414 bits per heavy atom. The molecule has 0 unspecified atom stereocenters. The van der Waals surface area contributed by atoms with Crippen LogP contribution in [0.15, 0.2) is 218 Å². The molecule has 0 aliphatic rings. The van der Waals surface area contributed by atoms with Gasteiger partial charge in [-0.2, -0.15) is 0 Å². The standard InChI is InChI=1S/C70H36/c1-3-15-37(16-4-1)39-19-7-10-22-42(39)60-52-28-14-26-44-41-21-9-12-24-46(41)66(62(44)52)70-56-36-32-50-47-29-33-53-63-55(35-31-49(58(47)63)48-30-34-54(68(60)70)64(56)59(48)50)69-65-45-23-11-8-20-40(45)43-25-13-27-51(61(43)65)57(67(53)69)38-17-5-2-6-18-38/h1-36H. The summed E-state index contributed by atoms with van der Waals surface area (Å²) in [4.78, 5) is 0. The van der Waals surface area contributed by atoms with Crippen molar-refractivity contribution in [1.29, 1.82) is 0 Å². The Morgan fingerprint density at radius 1 is 0.129 bits per heavy atom. The third-order valence-electron chi connectivity index (χ3n) is 17.0. The number of hydrogen-bond acceptors (Lipinski definition) is 0. The molecule has 0 saturated carbocycles. The molecule has 0 atom stereocenters. The van der Waals surface area contributed by atoms with Gasteiger partial charge >= 0.3 is 0 Å². The van der Waals surface area contributed by atoms with Crippen molar-refractivity contribution in [2.75, 3.05) is 0 Å². The summed E-state index contributed by atoms with van der Waals surface area (Å²) in [5.74, 6) is 0. The predicted octanol–water partition coefficient (Wildman–Crippen LogP) is 20.0. The Bertz CT molecular complexity index is 5230. The SMILES string of the molecule is c1ccc(-c2ccccc2-c2c3cccc4c5ccccc5c(c34)c3c4ccc5c6ccc7c8c(-c9ccccc9)c9cccc%10c%11ccccc%11c(c9%10)c8c8ccc(c9ccc(c23)c4c95)c6c78)cc1. The zero-order valence-electron chi connectivity index (χ0n) is 37.8. The van der Waals surface area contributed by atoms with Crippen LogP contribution in [0.5, 0.6) is 0 Å². The molecular formula is C70H36. The zero-order valence-corrected chi connectivity index (χ0v) is 37.8. The van der Waals surface area contributed by atoms with Crippen LogP contribution >= 0.6 is 0 Å². The van der Waals surface area contributed by atoms with E-state index >= 15 is 0 Å². The van der Waals surface area contributed by atoms with Gasteiger partial charge in [-0.25, -0.2) is 0 Å². The number of hydrogen-bond donors (Lipinski definition) is 0. The van der Waals surface area contributed by atoms with Crippen LogP contribution in [-0.4, -0.2) is 0 Å². The van der Waals surface area contributed by atoms with Crippen molar-refractivity contribution in [1.82, 2.24) is 0 Å². The summed E-state index contributed by atoms with van der Waals surface area (Å²) in [6, 6.07) is 83.2. The van der Waals surface area contributed by atoms with Crippen molar-refractivity contribution in [3.05, 3.63) is 218 Å². The van der Waals surface area contributed by atoms with Crippen molar-refractivity contribution in [2.45, 2.75) is 0 Å². The van der Waals surface area contributed by atoms with Gasteiger partial charge in [0.15, 0.2) is 0 Å². The summed E-state index contributed by atoms with van der Waals surface area (Å²) in [6.07, 6.45) is 0. The first-order valence-electron chi connectivity index (χ1n) is 24.7. The van der Waals surface area contributed by atoms with Crippen molar-refractivity contribution in [3.8, 4) is 33.4 Å². The van der Waals surface area contributed by atoms with Crippen molar-refractivity contribution < 1.29 is 0 Å². The van der Waals surface area contributed by atoms with Crippen LogP contribution < -0.4 is 0 Å². The Kier molecular flexibility index (Phi) is 6.43. The van der Waals surface area contributed by atoms with Gasteiger partial charge in [0.2, 0.25) is 0 Å². The topological polar surface area (TPSA) is 0 Å². The molecule has 0 N–H and O–H groups in total. The molecule has 316 valence electrons. The van der Waals surface area contributed by atoms with Gasteiger partial charge in [0.1, 0.15) is 0 Å². The minimum atomic E-state index is 1.23. The fraction of sp³-hybridized carbons (Fsp3) is 0. The molecule has 0 aromatic heterocycles. The van der Waals surface area contributed by atoms with Crippen molar-refractivity contribution in [2.24, 2.45) is 0 Å². The maximum Gasteiger partial charge on any atom is -0.000696 e. The van der Waals surface area contributed by atoms with Gasteiger partial charge in [0.25, 0.3) is 0 Å². The Hall–Kier alpha value is -9.10. The quantitative estimate of drug-likeness (QED) is 0.123. The Labute approximate surface area is 400 Å². The molecular weight excluding hydrogens is 841 g/mol. The lowest BCUT2D eigenvalue weighted by Crippen LogP contribution is -1.89. The van der Waals surface area contributed by atoms with E-state index < -0.39 is 0 Å². The number of fused-ring (bicyclic) bond motifs is 16. The average molecular weight is 877 g/mol. The second-order valence-corrected chi connectivity index (χ2v) is 20.0. The first-order chi connectivity index (χ1) is 34.8. The molecule has 0 saturated heterocycles. The van der Waals surface area contributed by atoms with E-state index in [1.807, 2.05) is 0 Å². The highest BCUT2D eigenvalue weighted by atomic mass is 14.3. The van der Waals surface area contributed by atoms with Gasteiger partial charge in [-0.05, 0) is 184 Å². The summed E-state index contributed by atoms with van der Waals surface area (Å²) < 4.78 is 0. The maximum atomic E-state index is 2.48. The third kappa shape index (κ3) is 4.08. The molecule has 0 bridgehead atoms. The van der Waals surface area contributed by atoms with Gasteiger partial charge in [-0.15, -0.1) is 0 Å². The van der Waals surface area contributed by atoms with E-state index in [1.54, 1.807) is 0 Å². The number of rotatable bonds is 3. The summed E-state index contributed by atoms with van der Waals surface area (Å²) in [6.45, 7) is 0. The van der Waals surface area contributed by atoms with Crippen LogP contribution in [0.4, 0.5) is 0 Å². The van der Waals surface area contributed by atoms with Crippen molar-refractivity contribution >= 4 is 151 Å². The van der Waals surface area contributed by atoms with Gasteiger partial charge in [0.05, 0.1) is 0 Å². The van der Waals surface area contributed by atoms with Crippen LogP contribution in [-0.2, 0) is 0 Å². The third-order valence-corrected chi connectivity index (χ3v) is 17.0. The van der Waals surface area contributed by atoms with Gasteiger partial charge in [-0.3, -0.25) is 0 Å². The Morgan fingerprint density at radius 3 is 0.929 bits per heavy atom. The molecule has 70 heavy (non-hydrogen) atoms. The molecule has 0 radical (unpaired) electrons. The van der Waals surface area contributed by atoms with Crippen LogP contribution in [0.25, 0.3) is 184 Å². The van der Waals surface area contributed by atoms with Gasteiger partial charge < -0.3 is 0 Å². The summed E-state index contributed by atoms with van der Waals surface area (Å²) in [5.41, 5.74) is 7.69. The molecule has 0 heterocycles. The van der Waals surface area contributed by atoms with E-state index in [0.717, 1.165) is 0 Å². The van der Waals surface area contributed by atoms with Gasteiger partial charge in [-0.1, -0.05) is 218 Å². The van der Waals surface area contributed by atoms with E-state index in [-0.39, 0.29) is 0 Å². The minimum Gasteiger partial charge on any atom is -0.0622 e. The zero-order chi connectivity index (χ0) is 45.1. The normalized spacial score (nSPS) is 12.9. The summed E-state index contributed by atoms with van der Waals surface area (Å²) in [7, 11) is 0. The summed E-state index contributed by atoms with van der Waals surface area (Å²) >= 11 is 0. The van der Waals surface area contributed by atoms with Crippen LogP contribution in [0, 0.1) is 0 Å². The highest BCUT2D eigenvalue weighted by molar-refractivity contribution is 6.54. The molecule has 18 aromatic rings. The molecule has 0 spiro atoms. The Balaban J connectivity index is 1.04. The van der Waals surface area contributed by atoms with E-state index in [1.165, 1.54) is 184 Å². The van der Waals surface area contributed by atoms with Crippen molar-refractivity contribution in [3.63, 3.8) is 0 Å². The second kappa shape index (κ2) is 12.5. The molecule has 18 rings (SSSR count). The maximum absolute atomic E-state index is 2.48. The van der Waals surface area contributed by atoms with Crippen LogP contribution in [0.3, 0.4) is 0 Å². The van der Waals surface area contributed by atoms with Crippen LogP contribution in [0.2, 0.25) is 0 Å². The second-order valence-electron chi connectivity index (χ2n) is 20.0. The first kappa shape index (κ1) is 36.0. The molecule has 0 heteroatoms. The van der Waals surface area contributed by atoms with E-state index in [0.29, 0.717) is 0 Å². The molecule has 18 aromatic carbocycles. The monoisotopic (exact) mass is 876 g/mol. The largest absolute Gasteiger partial charge is 0.0622 e. The van der Waals surface area contributed by atoms with E-state index in [2.05, 4.69) is 218 Å². The highest BCUT2D eigenvalue weighted by Gasteiger charge is 2.30. The predicted molar refractivity (Wildman–Crippen MR) is 304 cm³/mol. The fourth-order valence-electron chi connectivity index (χ4n) is 14.5. The smallest absolute Gasteiger partial charge is 0.000696 e. The molecule has 0 nitrogen and oxygen atoms in total. The minimum absolute atomic E-state index is 1.23. The lowest BCUT2D eigenvalue weighted by Gasteiger charge is -2.16. The number of benzene rings is 14. The molecule has 0 aliphatic carbocycles. The van der Waals surface area contributed by atoms with E-state index in [4.69, 9.17) is 0 Å².